The van der Waals surface area contributed by atoms with Crippen molar-refractivity contribution in [1.82, 2.24) is 9.44 Å². The standard InChI is InChI=1S/C12H20N2O3S5/c1-3-5-20-13-9(7-18)11(15)22(17)12(16)10(8-19)14-21-6-4-2/h3-4,9-10,13-14,18-19H,1-2,5-8H2/t9-,10-/m0/s1. The third-order valence-corrected chi connectivity index (χ3v) is 5.89. The highest BCUT2D eigenvalue weighted by atomic mass is 32.2. The first-order valence-corrected chi connectivity index (χ1v) is 10.6. The normalized spacial score (nSPS) is 13.6. The first-order valence-electron chi connectivity index (χ1n) is 6.21. The molecule has 0 unspecified atom stereocenters. The lowest BCUT2D eigenvalue weighted by Crippen LogP contribution is -2.44. The predicted molar refractivity (Wildman–Crippen MR) is 105 cm³/mol. The van der Waals surface area contributed by atoms with Gasteiger partial charge in [0.15, 0.2) is 10.8 Å². The molecule has 0 bridgehead atoms. The fourth-order valence-corrected chi connectivity index (χ4v) is 4.46. The Hall–Kier alpha value is 0.290. The third-order valence-electron chi connectivity index (χ3n) is 2.15. The van der Waals surface area contributed by atoms with Crippen molar-refractivity contribution in [3.8, 4) is 0 Å². The van der Waals surface area contributed by atoms with Gasteiger partial charge in [-0.15, -0.1) is 13.2 Å². The zero-order valence-corrected chi connectivity index (χ0v) is 16.1. The van der Waals surface area contributed by atoms with Crippen molar-refractivity contribution < 1.29 is 13.8 Å². The maximum absolute atomic E-state index is 12.1. The van der Waals surface area contributed by atoms with Crippen LogP contribution < -0.4 is 9.44 Å². The van der Waals surface area contributed by atoms with E-state index in [4.69, 9.17) is 0 Å². The SMILES string of the molecule is C=CCSN[C@@H](CS)C(=O)S(=O)C(=O)[C@H](CS)NSCC=C. The topological polar surface area (TPSA) is 75.3 Å². The lowest BCUT2D eigenvalue weighted by atomic mass is 10.4. The fourth-order valence-electron chi connectivity index (χ4n) is 1.09. The number of thiol groups is 2. The summed E-state index contributed by atoms with van der Waals surface area (Å²) in [5.74, 6) is 1.45. The van der Waals surface area contributed by atoms with Gasteiger partial charge in [-0.05, 0) is 0 Å². The molecular formula is C12H20N2O3S5. The molecule has 0 saturated carbocycles. The van der Waals surface area contributed by atoms with Crippen LogP contribution >= 0.6 is 49.2 Å². The van der Waals surface area contributed by atoms with Gasteiger partial charge in [-0.2, -0.15) is 25.3 Å². The average molecular weight is 401 g/mol. The summed E-state index contributed by atoms with van der Waals surface area (Å²) in [5, 5.41) is -1.36. The first kappa shape index (κ1) is 22.3. The number of hydrogen-bond donors (Lipinski definition) is 4. The Bertz CT molecular complexity index is 384. The minimum Gasteiger partial charge on any atom is -0.282 e. The van der Waals surface area contributed by atoms with Gasteiger partial charge in [0.2, 0.25) is 10.2 Å². The van der Waals surface area contributed by atoms with E-state index in [1.807, 2.05) is 0 Å². The molecule has 22 heavy (non-hydrogen) atoms. The molecule has 0 heterocycles. The van der Waals surface area contributed by atoms with Gasteiger partial charge in [0.1, 0.15) is 0 Å². The van der Waals surface area contributed by atoms with E-state index in [2.05, 4.69) is 47.9 Å². The van der Waals surface area contributed by atoms with Crippen LogP contribution in [0.15, 0.2) is 25.3 Å². The van der Waals surface area contributed by atoms with Crippen molar-refractivity contribution in [3.05, 3.63) is 25.3 Å². The van der Waals surface area contributed by atoms with E-state index in [1.54, 1.807) is 12.2 Å². The summed E-state index contributed by atoms with van der Waals surface area (Å²) in [7, 11) is -2.26. The molecular weight excluding hydrogens is 380 g/mol. The van der Waals surface area contributed by atoms with Gasteiger partial charge in [0.05, 0.1) is 12.1 Å². The number of carbonyl (C=O) groups excluding carboxylic acids is 2. The fraction of sp³-hybridized carbons (Fsp3) is 0.500. The summed E-state index contributed by atoms with van der Waals surface area (Å²) in [6, 6.07) is -1.53. The molecule has 0 aliphatic heterocycles. The minimum atomic E-state index is -2.26. The molecule has 0 aromatic rings. The van der Waals surface area contributed by atoms with Gasteiger partial charge >= 0.3 is 0 Å². The van der Waals surface area contributed by atoms with Crippen LogP contribution in [0, 0.1) is 0 Å². The van der Waals surface area contributed by atoms with E-state index in [0.717, 1.165) is 0 Å². The number of nitrogens with one attached hydrogen (secondary N) is 2. The Labute approximate surface area is 153 Å². The zero-order valence-electron chi connectivity index (χ0n) is 11.9. The molecule has 0 aromatic carbocycles. The summed E-state index contributed by atoms with van der Waals surface area (Å²) in [6.07, 6.45) is 3.33. The quantitative estimate of drug-likeness (QED) is 0.170. The Morgan fingerprint density at radius 2 is 1.36 bits per heavy atom. The van der Waals surface area contributed by atoms with E-state index in [9.17, 15) is 13.8 Å². The van der Waals surface area contributed by atoms with Gasteiger partial charge in [-0.1, -0.05) is 36.0 Å². The van der Waals surface area contributed by atoms with E-state index in [1.165, 1.54) is 23.9 Å². The molecule has 0 aliphatic rings. The Kier molecular flexibility index (Phi) is 13.9. The van der Waals surface area contributed by atoms with Crippen molar-refractivity contribution in [2.75, 3.05) is 23.0 Å². The molecule has 0 aromatic heterocycles. The van der Waals surface area contributed by atoms with E-state index in [-0.39, 0.29) is 11.5 Å². The Morgan fingerprint density at radius 1 is 1.00 bits per heavy atom. The van der Waals surface area contributed by atoms with Gasteiger partial charge in [0, 0.05) is 23.0 Å². The average Bonchev–Trinajstić information content (AvgIpc) is 2.54. The smallest absolute Gasteiger partial charge is 0.245 e. The largest absolute Gasteiger partial charge is 0.282 e. The minimum absolute atomic E-state index is 0.145. The van der Waals surface area contributed by atoms with Gasteiger partial charge < -0.3 is 0 Å². The maximum Gasteiger partial charge on any atom is 0.245 e. The van der Waals surface area contributed by atoms with Crippen molar-refractivity contribution in [2.45, 2.75) is 12.1 Å². The molecule has 0 saturated heterocycles. The number of hydrogen-bond acceptors (Lipinski definition) is 9. The van der Waals surface area contributed by atoms with Crippen LogP contribution in [0.4, 0.5) is 0 Å². The summed E-state index contributed by atoms with van der Waals surface area (Å²) in [4.78, 5) is 24.2. The molecule has 5 nitrogen and oxygen atoms in total. The highest BCUT2D eigenvalue weighted by molar-refractivity contribution is 8.14. The van der Waals surface area contributed by atoms with Crippen LogP contribution in [0.2, 0.25) is 0 Å². The summed E-state index contributed by atoms with van der Waals surface area (Å²) < 4.78 is 17.8. The molecule has 126 valence electrons. The maximum atomic E-state index is 12.1. The predicted octanol–water partition coefficient (Wildman–Crippen LogP) is 1.23. The van der Waals surface area contributed by atoms with Crippen molar-refractivity contribution >= 4 is 70.2 Å². The van der Waals surface area contributed by atoms with Crippen LogP contribution in [0.1, 0.15) is 0 Å². The number of rotatable bonds is 12. The van der Waals surface area contributed by atoms with Crippen LogP contribution in [-0.2, 0) is 20.4 Å². The van der Waals surface area contributed by atoms with Crippen LogP contribution in [-0.4, -0.2) is 49.5 Å². The molecule has 0 aliphatic carbocycles. The second kappa shape index (κ2) is 13.7. The van der Waals surface area contributed by atoms with Crippen LogP contribution in [0.25, 0.3) is 0 Å². The van der Waals surface area contributed by atoms with Gasteiger partial charge in [-0.3, -0.25) is 19.0 Å². The summed E-state index contributed by atoms with van der Waals surface area (Å²) >= 11 is 10.6. The monoisotopic (exact) mass is 400 g/mol. The van der Waals surface area contributed by atoms with Crippen molar-refractivity contribution in [1.29, 1.82) is 0 Å². The molecule has 0 radical (unpaired) electrons. The van der Waals surface area contributed by atoms with E-state index in [0.29, 0.717) is 11.5 Å². The lowest BCUT2D eigenvalue weighted by molar-refractivity contribution is -0.114. The highest BCUT2D eigenvalue weighted by Gasteiger charge is 2.32. The van der Waals surface area contributed by atoms with Gasteiger partial charge in [0.25, 0.3) is 0 Å². The molecule has 0 spiro atoms. The number of carbonyl (C=O) groups is 2. The van der Waals surface area contributed by atoms with Crippen LogP contribution in [0.5, 0.6) is 0 Å². The van der Waals surface area contributed by atoms with E-state index >= 15 is 0 Å². The van der Waals surface area contributed by atoms with Crippen LogP contribution in [0.3, 0.4) is 0 Å². The third kappa shape index (κ3) is 8.23. The molecule has 0 amide bonds. The summed E-state index contributed by atoms with van der Waals surface area (Å²) in [5.41, 5.74) is 0. The molecule has 10 heteroatoms. The molecule has 0 rings (SSSR count). The summed E-state index contributed by atoms with van der Waals surface area (Å²) in [6.45, 7) is 7.11. The lowest BCUT2D eigenvalue weighted by Gasteiger charge is -2.16. The molecule has 2 N–H and O–H groups in total. The molecule has 2 atom stereocenters. The van der Waals surface area contributed by atoms with Gasteiger partial charge in [-0.25, -0.2) is 4.21 Å². The second-order valence-electron chi connectivity index (χ2n) is 3.81. The second-order valence-corrected chi connectivity index (χ2v) is 7.60. The highest BCUT2D eigenvalue weighted by Crippen LogP contribution is 2.07. The Balaban J connectivity index is 4.66. The van der Waals surface area contributed by atoms with Crippen molar-refractivity contribution in [3.63, 3.8) is 0 Å². The van der Waals surface area contributed by atoms with E-state index < -0.39 is 33.1 Å². The zero-order chi connectivity index (χ0) is 17.0. The molecule has 0 fully saturated rings. The van der Waals surface area contributed by atoms with Crippen molar-refractivity contribution in [2.24, 2.45) is 0 Å². The Morgan fingerprint density at radius 3 is 1.64 bits per heavy atom. The first-order chi connectivity index (χ1) is 10.5.